The number of benzene rings is 2. The van der Waals surface area contributed by atoms with E-state index in [-0.39, 0.29) is 29.7 Å². The van der Waals surface area contributed by atoms with Crippen LogP contribution in [-0.4, -0.2) is 33.3 Å². The first kappa shape index (κ1) is 22.9. The van der Waals surface area contributed by atoms with Crippen LogP contribution in [0.2, 0.25) is 0 Å². The van der Waals surface area contributed by atoms with Crippen LogP contribution in [0.5, 0.6) is 11.5 Å². The van der Waals surface area contributed by atoms with Gasteiger partial charge in [0.25, 0.3) is 0 Å². The Labute approximate surface area is 175 Å². The molecule has 0 aromatic heterocycles. The Kier molecular flexibility index (Phi) is 10.5. The summed E-state index contributed by atoms with van der Waals surface area (Å²) in [6, 6.07) is 14.5. The van der Waals surface area contributed by atoms with Gasteiger partial charge in [-0.3, -0.25) is 4.99 Å². The predicted molar refractivity (Wildman–Crippen MR) is 113 cm³/mol. The van der Waals surface area contributed by atoms with Crippen LogP contribution in [0.1, 0.15) is 11.1 Å². The van der Waals surface area contributed by atoms with Crippen molar-refractivity contribution in [1.82, 2.24) is 10.6 Å². The van der Waals surface area contributed by atoms with Crippen molar-refractivity contribution in [3.05, 3.63) is 59.7 Å². The van der Waals surface area contributed by atoms with Gasteiger partial charge >= 0.3 is 6.61 Å². The molecule has 0 bridgehead atoms. The third kappa shape index (κ3) is 8.42. The van der Waals surface area contributed by atoms with Crippen LogP contribution in [-0.2, 0) is 13.0 Å². The highest BCUT2D eigenvalue weighted by atomic mass is 127. The minimum atomic E-state index is -2.83. The molecule has 0 aliphatic heterocycles. The summed E-state index contributed by atoms with van der Waals surface area (Å²) in [5.74, 6) is 1.61. The second-order valence-corrected chi connectivity index (χ2v) is 5.48. The zero-order valence-electron chi connectivity index (χ0n) is 15.2. The molecule has 27 heavy (non-hydrogen) atoms. The Hall–Kier alpha value is -2.10. The molecule has 5 nitrogen and oxygen atoms in total. The zero-order valence-corrected chi connectivity index (χ0v) is 17.6. The van der Waals surface area contributed by atoms with Gasteiger partial charge in [-0.1, -0.05) is 24.3 Å². The average Bonchev–Trinajstić information content (AvgIpc) is 2.65. The molecule has 0 aliphatic rings. The van der Waals surface area contributed by atoms with E-state index in [1.54, 1.807) is 26.3 Å². The standard InChI is InChI=1S/C19H23F2N3O2.HI/c1-22-19(23-11-10-14-6-8-16(25-2)9-7-14)24-13-15-4-3-5-17(12-15)26-18(20)21;/h3-9,12,18H,10-11,13H2,1-2H3,(H2,22,23,24);1H. The largest absolute Gasteiger partial charge is 0.497 e. The van der Waals surface area contributed by atoms with Crippen molar-refractivity contribution in [2.24, 2.45) is 4.99 Å². The van der Waals surface area contributed by atoms with Crippen molar-refractivity contribution in [2.45, 2.75) is 19.6 Å². The molecule has 0 atom stereocenters. The van der Waals surface area contributed by atoms with Gasteiger partial charge in [-0.15, -0.1) is 24.0 Å². The average molecular weight is 491 g/mol. The normalized spacial score (nSPS) is 10.9. The summed E-state index contributed by atoms with van der Waals surface area (Å²) in [5, 5.41) is 6.37. The van der Waals surface area contributed by atoms with Crippen LogP contribution in [0, 0.1) is 0 Å². The van der Waals surface area contributed by atoms with Crippen LogP contribution in [0.3, 0.4) is 0 Å². The topological polar surface area (TPSA) is 54.9 Å². The van der Waals surface area contributed by atoms with Gasteiger partial charge in [0.2, 0.25) is 0 Å². The summed E-state index contributed by atoms with van der Waals surface area (Å²) in [5.41, 5.74) is 2.01. The maximum atomic E-state index is 12.3. The molecular formula is C19H24F2IN3O2. The van der Waals surface area contributed by atoms with Gasteiger partial charge in [0.15, 0.2) is 5.96 Å². The molecule has 2 rings (SSSR count). The molecule has 0 saturated heterocycles. The summed E-state index contributed by atoms with van der Waals surface area (Å²) in [7, 11) is 3.32. The third-order valence-corrected chi connectivity index (χ3v) is 3.67. The lowest BCUT2D eigenvalue weighted by molar-refractivity contribution is -0.0498. The van der Waals surface area contributed by atoms with E-state index in [9.17, 15) is 8.78 Å². The van der Waals surface area contributed by atoms with Gasteiger partial charge in [-0.2, -0.15) is 8.78 Å². The molecule has 2 N–H and O–H groups in total. The first-order chi connectivity index (χ1) is 12.6. The zero-order chi connectivity index (χ0) is 18.8. The van der Waals surface area contributed by atoms with Gasteiger partial charge < -0.3 is 20.1 Å². The summed E-state index contributed by atoms with van der Waals surface area (Å²) in [6.07, 6.45) is 0.836. The Morgan fingerprint density at radius 1 is 1.04 bits per heavy atom. The lowest BCUT2D eigenvalue weighted by Gasteiger charge is -2.13. The fourth-order valence-electron chi connectivity index (χ4n) is 2.36. The minimum absolute atomic E-state index is 0. The molecule has 0 aliphatic carbocycles. The number of halogens is 3. The highest BCUT2D eigenvalue weighted by molar-refractivity contribution is 14.0. The van der Waals surface area contributed by atoms with Crippen molar-refractivity contribution in [1.29, 1.82) is 0 Å². The van der Waals surface area contributed by atoms with E-state index in [0.29, 0.717) is 19.0 Å². The van der Waals surface area contributed by atoms with Gasteiger partial charge in [0.1, 0.15) is 11.5 Å². The van der Waals surface area contributed by atoms with Crippen molar-refractivity contribution < 1.29 is 18.3 Å². The molecule has 148 valence electrons. The molecule has 0 heterocycles. The first-order valence-corrected chi connectivity index (χ1v) is 8.22. The van der Waals surface area contributed by atoms with E-state index in [2.05, 4.69) is 20.4 Å². The van der Waals surface area contributed by atoms with Gasteiger partial charge in [-0.25, -0.2) is 0 Å². The number of alkyl halides is 2. The summed E-state index contributed by atoms with van der Waals surface area (Å²) >= 11 is 0. The number of aliphatic imine (C=N–C) groups is 1. The smallest absolute Gasteiger partial charge is 0.387 e. The lowest BCUT2D eigenvalue weighted by Crippen LogP contribution is -2.37. The van der Waals surface area contributed by atoms with Crippen LogP contribution in [0.4, 0.5) is 8.78 Å². The molecule has 0 amide bonds. The highest BCUT2D eigenvalue weighted by Crippen LogP contribution is 2.15. The Balaban J connectivity index is 0.00000364. The number of guanidine groups is 1. The minimum Gasteiger partial charge on any atom is -0.497 e. The molecule has 2 aromatic carbocycles. The number of rotatable bonds is 8. The van der Waals surface area contributed by atoms with E-state index >= 15 is 0 Å². The van der Waals surface area contributed by atoms with E-state index in [1.807, 2.05) is 30.3 Å². The quantitative estimate of drug-likeness (QED) is 0.335. The van der Waals surface area contributed by atoms with Gasteiger partial charge in [0.05, 0.1) is 7.11 Å². The van der Waals surface area contributed by atoms with Crippen LogP contribution >= 0.6 is 24.0 Å². The summed E-state index contributed by atoms with van der Waals surface area (Å²) in [6.45, 7) is -1.67. The van der Waals surface area contributed by atoms with E-state index in [0.717, 1.165) is 17.7 Å². The molecule has 0 radical (unpaired) electrons. The fraction of sp³-hybridized carbons (Fsp3) is 0.316. The van der Waals surface area contributed by atoms with E-state index in [1.165, 1.54) is 11.6 Å². The molecule has 0 fully saturated rings. The van der Waals surface area contributed by atoms with E-state index < -0.39 is 6.61 Å². The molecule has 0 spiro atoms. The Bertz CT molecular complexity index is 712. The van der Waals surface area contributed by atoms with Crippen LogP contribution in [0.15, 0.2) is 53.5 Å². The predicted octanol–water partition coefficient (Wildman–Crippen LogP) is 3.82. The molecule has 2 aromatic rings. The summed E-state index contributed by atoms with van der Waals surface area (Å²) < 4.78 is 34.1. The van der Waals surface area contributed by atoms with Crippen LogP contribution in [0.25, 0.3) is 0 Å². The monoisotopic (exact) mass is 491 g/mol. The highest BCUT2D eigenvalue weighted by Gasteiger charge is 2.05. The van der Waals surface area contributed by atoms with Gasteiger partial charge in [0, 0.05) is 20.1 Å². The SMILES string of the molecule is CN=C(NCCc1ccc(OC)cc1)NCc1cccc(OC(F)F)c1.I. The Morgan fingerprint density at radius 2 is 1.78 bits per heavy atom. The molecule has 8 heteroatoms. The molecule has 0 saturated carbocycles. The second kappa shape index (κ2) is 12.3. The van der Waals surface area contributed by atoms with Crippen molar-refractivity contribution in [3.8, 4) is 11.5 Å². The Morgan fingerprint density at radius 3 is 2.41 bits per heavy atom. The summed E-state index contributed by atoms with van der Waals surface area (Å²) in [4.78, 5) is 4.16. The van der Waals surface area contributed by atoms with Crippen LogP contribution < -0.4 is 20.1 Å². The lowest BCUT2D eigenvalue weighted by atomic mass is 10.1. The number of hydrogen-bond acceptors (Lipinski definition) is 3. The van der Waals surface area contributed by atoms with E-state index in [4.69, 9.17) is 4.74 Å². The number of nitrogens with zero attached hydrogens (tertiary/aromatic N) is 1. The van der Waals surface area contributed by atoms with Crippen molar-refractivity contribution in [3.63, 3.8) is 0 Å². The third-order valence-electron chi connectivity index (χ3n) is 3.67. The maximum absolute atomic E-state index is 12.3. The molecular weight excluding hydrogens is 467 g/mol. The number of ether oxygens (including phenoxy) is 2. The van der Waals surface area contributed by atoms with Crippen molar-refractivity contribution >= 4 is 29.9 Å². The van der Waals surface area contributed by atoms with Crippen molar-refractivity contribution in [2.75, 3.05) is 20.7 Å². The maximum Gasteiger partial charge on any atom is 0.387 e. The molecule has 0 unspecified atom stereocenters. The first-order valence-electron chi connectivity index (χ1n) is 8.22. The number of hydrogen-bond donors (Lipinski definition) is 2. The number of nitrogens with one attached hydrogen (secondary N) is 2. The van der Waals surface area contributed by atoms with Gasteiger partial charge in [-0.05, 0) is 41.8 Å². The number of methoxy groups -OCH3 is 1. The fourth-order valence-corrected chi connectivity index (χ4v) is 2.36. The second-order valence-electron chi connectivity index (χ2n) is 5.48.